The maximum Gasteiger partial charge on any atom is 0.232 e. The molecule has 0 amide bonds. The second kappa shape index (κ2) is 6.50. The first-order chi connectivity index (χ1) is 9.00. The maximum atomic E-state index is 9.87. The van der Waals surface area contributed by atoms with E-state index in [0.29, 0.717) is 16.4 Å². The maximum absolute atomic E-state index is 9.87. The van der Waals surface area contributed by atoms with Gasteiger partial charge in [0.15, 0.2) is 5.82 Å². The minimum atomic E-state index is -0.473. The van der Waals surface area contributed by atoms with Gasteiger partial charge >= 0.3 is 0 Å². The van der Waals surface area contributed by atoms with Crippen molar-refractivity contribution in [3.8, 4) is 0 Å². The average Bonchev–Trinajstić information content (AvgIpc) is 2.77. The molecule has 19 heavy (non-hydrogen) atoms. The predicted octanol–water partition coefficient (Wildman–Crippen LogP) is 3.10. The van der Waals surface area contributed by atoms with Crippen molar-refractivity contribution in [3.05, 3.63) is 11.7 Å². The lowest BCUT2D eigenvalue weighted by molar-refractivity contribution is 0.120. The van der Waals surface area contributed by atoms with Crippen molar-refractivity contribution >= 4 is 23.5 Å². The first kappa shape index (κ1) is 15.2. The summed E-state index contributed by atoms with van der Waals surface area (Å²) in [5.74, 6) is 3.87. The van der Waals surface area contributed by atoms with Gasteiger partial charge in [-0.15, -0.1) is 11.8 Å². The minimum absolute atomic E-state index is 0.0854. The smallest absolute Gasteiger partial charge is 0.232 e. The van der Waals surface area contributed by atoms with Gasteiger partial charge in [-0.1, -0.05) is 25.9 Å². The van der Waals surface area contributed by atoms with E-state index in [9.17, 15) is 5.11 Å². The van der Waals surface area contributed by atoms with Crippen LogP contribution in [0.25, 0.3) is 0 Å². The topological polar surface area (TPSA) is 59.2 Å². The van der Waals surface area contributed by atoms with E-state index in [-0.39, 0.29) is 11.8 Å². The van der Waals surface area contributed by atoms with E-state index >= 15 is 0 Å². The van der Waals surface area contributed by atoms with E-state index in [1.165, 1.54) is 5.75 Å². The van der Waals surface area contributed by atoms with Gasteiger partial charge in [0.1, 0.15) is 0 Å². The molecule has 0 saturated carbocycles. The summed E-state index contributed by atoms with van der Waals surface area (Å²) in [4.78, 5) is 4.56. The van der Waals surface area contributed by atoms with Crippen molar-refractivity contribution in [2.24, 2.45) is 5.92 Å². The lowest BCUT2D eigenvalue weighted by atomic mass is 9.91. The van der Waals surface area contributed by atoms with Crippen molar-refractivity contribution < 1.29 is 9.63 Å². The molecule has 4 nitrogen and oxygen atoms in total. The fraction of sp³-hybridized carbons (Fsp3) is 0.846. The van der Waals surface area contributed by atoms with Crippen LogP contribution in [0.4, 0.5) is 0 Å². The molecule has 6 heteroatoms. The number of hydrogen-bond donors (Lipinski definition) is 1. The van der Waals surface area contributed by atoms with Crippen LogP contribution in [0.1, 0.15) is 50.6 Å². The fourth-order valence-corrected chi connectivity index (χ4v) is 5.14. The summed E-state index contributed by atoms with van der Waals surface area (Å²) in [5.41, 5.74) is 0. The summed E-state index contributed by atoms with van der Waals surface area (Å²) in [7, 11) is 0. The second-order valence-electron chi connectivity index (χ2n) is 5.37. The Labute approximate surface area is 123 Å². The number of hydrogen-bond acceptors (Lipinski definition) is 6. The van der Waals surface area contributed by atoms with Crippen molar-refractivity contribution in [3.63, 3.8) is 0 Å². The van der Waals surface area contributed by atoms with Crippen LogP contribution in [-0.4, -0.2) is 38.1 Å². The molecule has 1 aromatic heterocycles. The predicted molar refractivity (Wildman–Crippen MR) is 80.7 cm³/mol. The van der Waals surface area contributed by atoms with Crippen LogP contribution < -0.4 is 0 Å². The van der Waals surface area contributed by atoms with Crippen molar-refractivity contribution in [1.29, 1.82) is 0 Å². The summed E-state index contributed by atoms with van der Waals surface area (Å²) in [6, 6.07) is 0. The molecule has 1 fully saturated rings. The van der Waals surface area contributed by atoms with E-state index in [2.05, 4.69) is 30.9 Å². The monoisotopic (exact) mass is 302 g/mol. The normalized spacial score (nSPS) is 27.5. The molecule has 1 N–H and O–H groups in total. The van der Waals surface area contributed by atoms with Gasteiger partial charge in [-0.3, -0.25) is 0 Å². The summed E-state index contributed by atoms with van der Waals surface area (Å²) >= 11 is 3.86. The van der Waals surface area contributed by atoms with E-state index < -0.39 is 6.10 Å². The molecule has 2 rings (SSSR count). The van der Waals surface area contributed by atoms with Gasteiger partial charge in [-0.25, -0.2) is 0 Å². The van der Waals surface area contributed by atoms with Crippen molar-refractivity contribution in [2.45, 2.75) is 50.2 Å². The lowest BCUT2D eigenvalue weighted by Gasteiger charge is -2.25. The molecular weight excluding hydrogens is 280 g/mol. The highest BCUT2D eigenvalue weighted by Crippen LogP contribution is 2.41. The highest BCUT2D eigenvalue weighted by Gasteiger charge is 2.32. The van der Waals surface area contributed by atoms with Crippen molar-refractivity contribution in [1.82, 2.24) is 10.1 Å². The first-order valence-electron chi connectivity index (χ1n) is 6.75. The molecule has 0 aliphatic carbocycles. The molecule has 1 aliphatic heterocycles. The summed E-state index contributed by atoms with van der Waals surface area (Å²) in [6.45, 7) is 8.12. The van der Waals surface area contributed by atoms with Crippen LogP contribution in [0.15, 0.2) is 4.52 Å². The Hall–Kier alpha value is -0.200. The van der Waals surface area contributed by atoms with Crippen LogP contribution in [0, 0.1) is 5.92 Å². The number of nitrogens with zero attached hydrogens (tertiary/aromatic N) is 2. The molecule has 108 valence electrons. The zero-order valence-corrected chi connectivity index (χ0v) is 13.5. The Morgan fingerprint density at radius 2 is 1.95 bits per heavy atom. The Morgan fingerprint density at radius 3 is 2.53 bits per heavy atom. The molecule has 1 aromatic rings. The van der Waals surface area contributed by atoms with E-state index in [1.54, 1.807) is 6.92 Å². The number of aromatic nitrogens is 2. The summed E-state index contributed by atoms with van der Waals surface area (Å²) < 4.78 is 5.41. The van der Waals surface area contributed by atoms with Gasteiger partial charge < -0.3 is 9.63 Å². The second-order valence-corrected chi connectivity index (χ2v) is 8.10. The van der Waals surface area contributed by atoms with Gasteiger partial charge in [0, 0.05) is 16.8 Å². The van der Waals surface area contributed by atoms with Gasteiger partial charge in [0.05, 0.1) is 17.3 Å². The third kappa shape index (κ3) is 3.47. The van der Waals surface area contributed by atoms with Crippen LogP contribution in [0.5, 0.6) is 0 Å². The Balaban J connectivity index is 2.17. The van der Waals surface area contributed by atoms with E-state index in [1.807, 2.05) is 23.5 Å². The summed E-state index contributed by atoms with van der Waals surface area (Å²) in [5, 5.41) is 14.8. The molecule has 4 unspecified atom stereocenters. The zero-order valence-electron chi connectivity index (χ0n) is 11.9. The number of thioether (sulfide) groups is 2. The van der Waals surface area contributed by atoms with Crippen LogP contribution in [0.2, 0.25) is 0 Å². The number of rotatable bonds is 4. The molecule has 1 aliphatic rings. The third-order valence-electron chi connectivity index (χ3n) is 3.42. The highest BCUT2D eigenvalue weighted by molar-refractivity contribution is 8.06. The van der Waals surface area contributed by atoms with Gasteiger partial charge in [0.2, 0.25) is 5.89 Å². The molecular formula is C13H22N2O2S2. The number of aliphatic hydroxyl groups is 1. The lowest BCUT2D eigenvalue weighted by Crippen LogP contribution is -2.21. The Kier molecular flexibility index (Phi) is 5.20. The van der Waals surface area contributed by atoms with E-state index in [0.717, 1.165) is 11.6 Å². The highest BCUT2D eigenvalue weighted by atomic mass is 32.2. The molecule has 1 saturated heterocycles. The molecule has 0 bridgehead atoms. The summed E-state index contributed by atoms with van der Waals surface area (Å²) in [6.07, 6.45) is -0.473. The first-order valence-corrected chi connectivity index (χ1v) is 8.85. The van der Waals surface area contributed by atoms with Crippen LogP contribution in [0.3, 0.4) is 0 Å². The third-order valence-corrected chi connectivity index (χ3v) is 6.51. The fourth-order valence-electron chi connectivity index (χ4n) is 2.46. The van der Waals surface area contributed by atoms with Gasteiger partial charge in [0.25, 0.3) is 0 Å². The molecule has 0 aromatic carbocycles. The van der Waals surface area contributed by atoms with Crippen LogP contribution in [-0.2, 0) is 0 Å². The molecule has 4 atom stereocenters. The van der Waals surface area contributed by atoms with Crippen molar-refractivity contribution in [2.75, 3.05) is 11.5 Å². The Bertz CT molecular complexity index is 401. The molecule has 2 heterocycles. The molecule has 0 spiro atoms. The quantitative estimate of drug-likeness (QED) is 0.922. The Morgan fingerprint density at radius 1 is 1.26 bits per heavy atom. The SMILES string of the molecule is CC(C)C(c1nc(C2SCCSC2C)no1)C(C)O. The largest absolute Gasteiger partial charge is 0.393 e. The average molecular weight is 302 g/mol. The zero-order chi connectivity index (χ0) is 14.0. The standard InChI is InChI=1S/C13H22N2O2S2/c1-7(2)10(8(3)16)13-14-12(15-17-13)11-9(4)18-5-6-19-11/h7-11,16H,5-6H2,1-4H3. The number of aliphatic hydroxyl groups excluding tert-OH is 1. The minimum Gasteiger partial charge on any atom is -0.393 e. The molecule has 0 radical (unpaired) electrons. The van der Waals surface area contributed by atoms with Gasteiger partial charge in [-0.2, -0.15) is 16.7 Å². The van der Waals surface area contributed by atoms with E-state index in [4.69, 9.17) is 4.52 Å². The van der Waals surface area contributed by atoms with Crippen LogP contribution >= 0.6 is 23.5 Å². The van der Waals surface area contributed by atoms with Gasteiger partial charge in [-0.05, 0) is 12.8 Å².